The van der Waals surface area contributed by atoms with E-state index in [0.29, 0.717) is 5.69 Å². The first-order valence-corrected chi connectivity index (χ1v) is 11.4. The van der Waals surface area contributed by atoms with E-state index in [1.54, 1.807) is 10.9 Å². The van der Waals surface area contributed by atoms with Crippen LogP contribution in [0.1, 0.15) is 24.6 Å². The molecule has 0 unspecified atom stereocenters. The topological polar surface area (TPSA) is 141 Å². The molecular formula is C22H25F3N6O5. The summed E-state index contributed by atoms with van der Waals surface area (Å²) in [5.41, 5.74) is -0.270. The van der Waals surface area contributed by atoms with Gasteiger partial charge in [0.15, 0.2) is 17.5 Å². The van der Waals surface area contributed by atoms with Gasteiger partial charge in [0, 0.05) is 25.3 Å². The zero-order chi connectivity index (χ0) is 25.6. The highest BCUT2D eigenvalue weighted by molar-refractivity contribution is 5.58. The van der Waals surface area contributed by atoms with Crippen molar-refractivity contribution in [3.63, 3.8) is 0 Å². The minimum Gasteiger partial charge on any atom is -0.394 e. The normalized spacial score (nSPS) is 27.4. The van der Waals surface area contributed by atoms with Gasteiger partial charge in [-0.1, -0.05) is 10.4 Å². The van der Waals surface area contributed by atoms with Gasteiger partial charge in [-0.3, -0.25) is 0 Å². The summed E-state index contributed by atoms with van der Waals surface area (Å²) in [6.45, 7) is -0.561. The van der Waals surface area contributed by atoms with E-state index in [2.05, 4.69) is 20.6 Å². The molecule has 1 aliphatic carbocycles. The Morgan fingerprint density at radius 2 is 1.86 bits per heavy atom. The SMILES string of the molecule is CO[C@@H]1[C@@H](n2cc(-c3ccc(F)c(F)c3F)nn2)[C@@H](O)[C@@H](CO)O[C@@H]1Cc1cn(C2(CO)CC2)nn1. The van der Waals surface area contributed by atoms with Crippen LogP contribution >= 0.6 is 0 Å². The molecule has 3 heterocycles. The average Bonchev–Trinajstić information content (AvgIpc) is 3.28. The molecular weight excluding hydrogens is 485 g/mol. The number of nitrogens with zero attached hydrogens (tertiary/aromatic N) is 6. The fourth-order valence-corrected chi connectivity index (χ4v) is 4.63. The van der Waals surface area contributed by atoms with Crippen LogP contribution in [0.25, 0.3) is 11.3 Å². The monoisotopic (exact) mass is 510 g/mol. The number of halogens is 3. The average molecular weight is 510 g/mol. The van der Waals surface area contributed by atoms with Gasteiger partial charge >= 0.3 is 0 Å². The molecule has 11 nitrogen and oxygen atoms in total. The van der Waals surface area contributed by atoms with Crippen LogP contribution in [0.5, 0.6) is 0 Å². The van der Waals surface area contributed by atoms with Crippen LogP contribution in [0.2, 0.25) is 0 Å². The van der Waals surface area contributed by atoms with Gasteiger partial charge in [-0.2, -0.15) is 0 Å². The van der Waals surface area contributed by atoms with Crippen LogP contribution in [-0.4, -0.2) is 90.0 Å². The largest absolute Gasteiger partial charge is 0.394 e. The van der Waals surface area contributed by atoms with Gasteiger partial charge in [0.1, 0.15) is 30.0 Å². The zero-order valence-corrected chi connectivity index (χ0v) is 19.2. The predicted octanol–water partition coefficient (Wildman–Crippen LogP) is 0.355. The number of rotatable bonds is 8. The van der Waals surface area contributed by atoms with Crippen molar-refractivity contribution in [3.8, 4) is 11.3 Å². The van der Waals surface area contributed by atoms with E-state index in [1.807, 2.05) is 0 Å². The Bertz CT molecular complexity index is 1230. The summed E-state index contributed by atoms with van der Waals surface area (Å²) in [5, 5.41) is 46.5. The molecule has 2 aliphatic rings. The smallest absolute Gasteiger partial charge is 0.195 e. The number of ether oxygens (including phenoxy) is 2. The minimum absolute atomic E-state index is 0.0511. The first-order valence-electron chi connectivity index (χ1n) is 11.4. The first kappa shape index (κ1) is 24.8. The molecule has 1 aromatic carbocycles. The Balaban J connectivity index is 1.43. The third-order valence-corrected chi connectivity index (χ3v) is 6.92. The fourth-order valence-electron chi connectivity index (χ4n) is 4.63. The lowest BCUT2D eigenvalue weighted by Crippen LogP contribution is -2.57. The van der Waals surface area contributed by atoms with Crippen molar-refractivity contribution in [2.24, 2.45) is 0 Å². The Morgan fingerprint density at radius 3 is 2.53 bits per heavy atom. The van der Waals surface area contributed by atoms with Crippen molar-refractivity contribution in [2.45, 2.75) is 55.3 Å². The number of methoxy groups -OCH3 is 1. The van der Waals surface area contributed by atoms with Gasteiger partial charge in [0.2, 0.25) is 0 Å². The summed E-state index contributed by atoms with van der Waals surface area (Å²) in [4.78, 5) is 0. The van der Waals surface area contributed by atoms with Crippen LogP contribution in [0.15, 0.2) is 24.5 Å². The summed E-state index contributed by atoms with van der Waals surface area (Å²) in [6.07, 6.45) is 0.962. The van der Waals surface area contributed by atoms with E-state index < -0.39 is 60.1 Å². The van der Waals surface area contributed by atoms with E-state index in [0.717, 1.165) is 25.0 Å². The molecule has 1 saturated carbocycles. The highest BCUT2D eigenvalue weighted by Crippen LogP contribution is 2.42. The van der Waals surface area contributed by atoms with Crippen molar-refractivity contribution >= 4 is 0 Å². The summed E-state index contributed by atoms with van der Waals surface area (Å²) in [6, 6.07) is 0.891. The first-order chi connectivity index (χ1) is 17.3. The maximum absolute atomic E-state index is 14.3. The van der Waals surface area contributed by atoms with Crippen LogP contribution < -0.4 is 0 Å². The standard InChI is InChI=1S/C22H25F3N6O5/c1-35-21-15(6-11-7-31(29-26-11)22(10-33)4-5-22)36-16(9-32)20(34)19(21)30-8-14(27-28-30)12-2-3-13(23)18(25)17(12)24/h2-3,7-8,15-16,19-21,32-34H,4-6,9-10H2,1H3/t15-,16-,19+,20+,21+/m1/s1. The van der Waals surface area contributed by atoms with E-state index >= 15 is 0 Å². The van der Waals surface area contributed by atoms with Gasteiger partial charge < -0.3 is 24.8 Å². The fraction of sp³-hybridized carbons (Fsp3) is 0.545. The molecule has 1 aliphatic heterocycles. The lowest BCUT2D eigenvalue weighted by Gasteiger charge is -2.43. The predicted molar refractivity (Wildman–Crippen MR) is 115 cm³/mol. The molecule has 5 atom stereocenters. The number of hydrogen-bond donors (Lipinski definition) is 3. The third-order valence-electron chi connectivity index (χ3n) is 6.92. The van der Waals surface area contributed by atoms with Gasteiger partial charge in [-0.05, 0) is 25.0 Å². The summed E-state index contributed by atoms with van der Waals surface area (Å²) in [7, 11) is 1.41. The minimum atomic E-state index is -1.63. The van der Waals surface area contributed by atoms with Crippen LogP contribution in [0.3, 0.4) is 0 Å². The van der Waals surface area contributed by atoms with Gasteiger partial charge in [0.05, 0.1) is 36.7 Å². The van der Waals surface area contributed by atoms with E-state index in [9.17, 15) is 28.5 Å². The second-order valence-corrected chi connectivity index (χ2v) is 9.12. The molecule has 3 N–H and O–H groups in total. The maximum Gasteiger partial charge on any atom is 0.195 e. The highest BCUT2D eigenvalue weighted by atomic mass is 19.2. The lowest BCUT2D eigenvalue weighted by molar-refractivity contribution is -0.212. The summed E-state index contributed by atoms with van der Waals surface area (Å²) < 4.78 is 55.8. The molecule has 0 spiro atoms. The second-order valence-electron chi connectivity index (χ2n) is 9.12. The lowest BCUT2D eigenvalue weighted by atomic mass is 9.90. The van der Waals surface area contributed by atoms with Crippen molar-refractivity contribution < 1.29 is 38.0 Å². The van der Waals surface area contributed by atoms with Crippen molar-refractivity contribution in [2.75, 3.05) is 20.3 Å². The van der Waals surface area contributed by atoms with Crippen LogP contribution in [-0.2, 0) is 21.4 Å². The molecule has 0 amide bonds. The molecule has 2 aromatic heterocycles. The van der Waals surface area contributed by atoms with Crippen molar-refractivity contribution in [1.29, 1.82) is 0 Å². The Hall–Kier alpha value is -2.91. The van der Waals surface area contributed by atoms with Crippen molar-refractivity contribution in [1.82, 2.24) is 30.0 Å². The Kier molecular flexibility index (Phi) is 6.55. The number of aromatic nitrogens is 6. The van der Waals surface area contributed by atoms with Gasteiger partial charge in [-0.15, -0.1) is 10.2 Å². The molecule has 194 valence electrons. The number of benzene rings is 1. The Morgan fingerprint density at radius 1 is 1.08 bits per heavy atom. The summed E-state index contributed by atoms with van der Waals surface area (Å²) in [5.74, 6) is -4.38. The number of hydrogen-bond acceptors (Lipinski definition) is 9. The van der Waals surface area contributed by atoms with Gasteiger partial charge in [-0.25, -0.2) is 22.5 Å². The molecule has 36 heavy (non-hydrogen) atoms. The molecule has 14 heteroatoms. The van der Waals surface area contributed by atoms with E-state index in [-0.39, 0.29) is 24.3 Å². The van der Waals surface area contributed by atoms with Crippen LogP contribution in [0, 0.1) is 17.5 Å². The van der Waals surface area contributed by atoms with E-state index in [4.69, 9.17) is 9.47 Å². The molecule has 0 radical (unpaired) electrons. The van der Waals surface area contributed by atoms with Gasteiger partial charge in [0.25, 0.3) is 0 Å². The highest BCUT2D eigenvalue weighted by Gasteiger charge is 2.48. The molecule has 1 saturated heterocycles. The van der Waals surface area contributed by atoms with Crippen LogP contribution in [0.4, 0.5) is 13.2 Å². The maximum atomic E-state index is 14.3. The second kappa shape index (κ2) is 9.52. The molecule has 0 bridgehead atoms. The zero-order valence-electron chi connectivity index (χ0n) is 19.2. The Labute approximate surface area is 203 Å². The van der Waals surface area contributed by atoms with E-state index in [1.165, 1.54) is 18.0 Å². The number of aliphatic hydroxyl groups is 3. The quantitative estimate of drug-likeness (QED) is 0.366. The number of aliphatic hydroxyl groups excluding tert-OH is 3. The third kappa shape index (κ3) is 4.18. The summed E-state index contributed by atoms with van der Waals surface area (Å²) >= 11 is 0. The molecule has 5 rings (SSSR count). The molecule has 2 fully saturated rings. The van der Waals surface area contributed by atoms with Crippen molar-refractivity contribution in [3.05, 3.63) is 47.7 Å². The molecule has 3 aromatic rings.